The molecule has 82 valence electrons. The van der Waals surface area contributed by atoms with Crippen LogP contribution in [-0.4, -0.2) is 23.0 Å². The van der Waals surface area contributed by atoms with Crippen molar-refractivity contribution in [1.29, 1.82) is 0 Å². The smallest absolute Gasteiger partial charge is 0.124 e. The van der Waals surface area contributed by atoms with Crippen molar-refractivity contribution >= 4 is 11.8 Å². The van der Waals surface area contributed by atoms with E-state index in [1.165, 1.54) is 12.1 Å². The first-order chi connectivity index (χ1) is 7.20. The van der Waals surface area contributed by atoms with Gasteiger partial charge in [-0.25, -0.2) is 4.39 Å². The standard InChI is InChI=1S/C11H14FNOS/c12-9-2-1-3-10(4-9)15-11(7-13)5-8(11)6-14/h1-4,8,14H,5-7,13H2. The molecular weight excluding hydrogens is 213 g/mol. The molecule has 0 amide bonds. The van der Waals surface area contributed by atoms with Gasteiger partial charge in [-0.1, -0.05) is 6.07 Å². The maximum absolute atomic E-state index is 13.0. The van der Waals surface area contributed by atoms with E-state index in [0.717, 1.165) is 11.3 Å². The molecule has 15 heavy (non-hydrogen) atoms. The number of benzene rings is 1. The van der Waals surface area contributed by atoms with Gasteiger partial charge in [-0.3, -0.25) is 0 Å². The molecule has 0 aromatic heterocycles. The van der Waals surface area contributed by atoms with E-state index in [2.05, 4.69) is 0 Å². The van der Waals surface area contributed by atoms with Crippen LogP contribution in [-0.2, 0) is 0 Å². The molecule has 1 aliphatic rings. The van der Waals surface area contributed by atoms with E-state index in [4.69, 9.17) is 10.8 Å². The van der Waals surface area contributed by atoms with E-state index >= 15 is 0 Å². The predicted molar refractivity (Wildman–Crippen MR) is 59.2 cm³/mol. The number of halogens is 1. The van der Waals surface area contributed by atoms with Crippen LogP contribution in [0, 0.1) is 11.7 Å². The van der Waals surface area contributed by atoms with Crippen LogP contribution in [0.15, 0.2) is 29.2 Å². The summed E-state index contributed by atoms with van der Waals surface area (Å²) in [5.41, 5.74) is 5.69. The molecule has 0 radical (unpaired) electrons. The fourth-order valence-electron chi connectivity index (χ4n) is 1.77. The summed E-state index contributed by atoms with van der Waals surface area (Å²) in [4.78, 5) is 0.886. The van der Waals surface area contributed by atoms with Crippen LogP contribution >= 0.6 is 11.8 Å². The second-order valence-corrected chi connectivity index (χ2v) is 5.40. The lowest BCUT2D eigenvalue weighted by atomic mass is 10.3. The zero-order valence-electron chi connectivity index (χ0n) is 8.32. The van der Waals surface area contributed by atoms with Crippen LogP contribution in [0.4, 0.5) is 4.39 Å². The quantitative estimate of drug-likeness (QED) is 0.821. The van der Waals surface area contributed by atoms with Crippen molar-refractivity contribution in [3.8, 4) is 0 Å². The highest BCUT2D eigenvalue weighted by atomic mass is 32.2. The lowest BCUT2D eigenvalue weighted by molar-refractivity contribution is 0.272. The zero-order chi connectivity index (χ0) is 10.9. The van der Waals surface area contributed by atoms with Crippen molar-refractivity contribution in [2.24, 2.45) is 11.7 Å². The van der Waals surface area contributed by atoms with Gasteiger partial charge in [0.2, 0.25) is 0 Å². The summed E-state index contributed by atoms with van der Waals surface area (Å²) in [6, 6.07) is 6.50. The number of rotatable bonds is 4. The van der Waals surface area contributed by atoms with Gasteiger partial charge in [-0.15, -0.1) is 11.8 Å². The Balaban J connectivity index is 2.08. The lowest BCUT2D eigenvalue weighted by Crippen LogP contribution is -2.21. The third-order valence-corrected chi connectivity index (χ3v) is 4.42. The number of aliphatic hydroxyl groups excluding tert-OH is 1. The molecule has 1 saturated carbocycles. The summed E-state index contributed by atoms with van der Waals surface area (Å²) >= 11 is 1.58. The Morgan fingerprint density at radius 2 is 2.40 bits per heavy atom. The molecule has 1 fully saturated rings. The van der Waals surface area contributed by atoms with Crippen molar-refractivity contribution in [2.45, 2.75) is 16.1 Å². The largest absolute Gasteiger partial charge is 0.396 e. The molecule has 0 saturated heterocycles. The summed E-state index contributed by atoms with van der Waals surface area (Å²) in [6.45, 7) is 0.693. The van der Waals surface area contributed by atoms with Crippen molar-refractivity contribution in [3.05, 3.63) is 30.1 Å². The van der Waals surface area contributed by atoms with E-state index in [9.17, 15) is 4.39 Å². The van der Waals surface area contributed by atoms with Crippen LogP contribution in [0.2, 0.25) is 0 Å². The topological polar surface area (TPSA) is 46.2 Å². The van der Waals surface area contributed by atoms with Gasteiger partial charge in [0.25, 0.3) is 0 Å². The molecule has 0 heterocycles. The number of nitrogens with two attached hydrogens (primary N) is 1. The van der Waals surface area contributed by atoms with Gasteiger partial charge in [0, 0.05) is 22.8 Å². The van der Waals surface area contributed by atoms with Crippen LogP contribution < -0.4 is 5.73 Å². The van der Waals surface area contributed by atoms with Crippen LogP contribution in [0.1, 0.15) is 6.42 Å². The molecule has 1 aromatic carbocycles. The van der Waals surface area contributed by atoms with Crippen molar-refractivity contribution in [3.63, 3.8) is 0 Å². The van der Waals surface area contributed by atoms with Crippen LogP contribution in [0.25, 0.3) is 0 Å². The average molecular weight is 227 g/mol. The van der Waals surface area contributed by atoms with E-state index in [1.54, 1.807) is 17.8 Å². The Morgan fingerprint density at radius 1 is 1.60 bits per heavy atom. The van der Waals surface area contributed by atoms with Crippen LogP contribution in [0.3, 0.4) is 0 Å². The zero-order valence-corrected chi connectivity index (χ0v) is 9.14. The molecule has 2 atom stereocenters. The average Bonchev–Trinajstić information content (AvgIpc) is 2.92. The maximum Gasteiger partial charge on any atom is 0.124 e. The first-order valence-electron chi connectivity index (χ1n) is 4.96. The SMILES string of the molecule is NCC1(Sc2cccc(F)c2)CC1CO. The molecular formula is C11H14FNOS. The van der Waals surface area contributed by atoms with Gasteiger partial charge in [0.1, 0.15) is 5.82 Å². The highest BCUT2D eigenvalue weighted by Crippen LogP contribution is 2.55. The highest BCUT2D eigenvalue weighted by Gasteiger charge is 2.53. The second-order valence-electron chi connectivity index (χ2n) is 3.91. The molecule has 1 aliphatic carbocycles. The Morgan fingerprint density at radius 3 is 2.93 bits per heavy atom. The monoisotopic (exact) mass is 227 g/mol. The van der Waals surface area contributed by atoms with Crippen LogP contribution in [0.5, 0.6) is 0 Å². The first-order valence-corrected chi connectivity index (χ1v) is 5.77. The van der Waals surface area contributed by atoms with Gasteiger partial charge in [-0.2, -0.15) is 0 Å². The van der Waals surface area contributed by atoms with Crippen molar-refractivity contribution in [1.82, 2.24) is 0 Å². The minimum Gasteiger partial charge on any atom is -0.396 e. The number of aliphatic hydroxyl groups is 1. The van der Waals surface area contributed by atoms with Gasteiger partial charge < -0.3 is 10.8 Å². The van der Waals surface area contributed by atoms with Crippen molar-refractivity contribution in [2.75, 3.05) is 13.2 Å². The van der Waals surface area contributed by atoms with E-state index in [0.29, 0.717) is 6.54 Å². The number of hydrogen-bond donors (Lipinski definition) is 2. The molecule has 0 aliphatic heterocycles. The molecule has 2 unspecified atom stereocenters. The molecule has 2 nitrogen and oxygen atoms in total. The van der Waals surface area contributed by atoms with Crippen molar-refractivity contribution < 1.29 is 9.50 Å². The third-order valence-electron chi connectivity index (χ3n) is 2.86. The third kappa shape index (κ3) is 2.17. The summed E-state index contributed by atoms with van der Waals surface area (Å²) < 4.78 is 12.9. The summed E-state index contributed by atoms with van der Waals surface area (Å²) in [5, 5.41) is 9.06. The molecule has 4 heteroatoms. The Hall–Kier alpha value is -0.580. The minimum atomic E-state index is -0.228. The van der Waals surface area contributed by atoms with Gasteiger partial charge >= 0.3 is 0 Å². The summed E-state index contributed by atoms with van der Waals surface area (Å²) in [5.74, 6) is 0.0316. The Labute approximate surface area is 92.7 Å². The maximum atomic E-state index is 13.0. The summed E-state index contributed by atoms with van der Waals surface area (Å²) in [6.07, 6.45) is 0.918. The van der Waals surface area contributed by atoms with Gasteiger partial charge in [0.15, 0.2) is 0 Å². The number of thioether (sulfide) groups is 1. The predicted octanol–water partition coefficient (Wildman–Crippen LogP) is 1.63. The summed E-state index contributed by atoms with van der Waals surface area (Å²) in [7, 11) is 0. The van der Waals surface area contributed by atoms with E-state index in [-0.39, 0.29) is 23.1 Å². The lowest BCUT2D eigenvalue weighted by Gasteiger charge is -2.13. The van der Waals surface area contributed by atoms with Gasteiger partial charge in [0.05, 0.1) is 0 Å². The Bertz CT molecular complexity index is 360. The fourth-order valence-corrected chi connectivity index (χ4v) is 3.17. The normalized spacial score (nSPS) is 29.1. The number of hydrogen-bond acceptors (Lipinski definition) is 3. The highest BCUT2D eigenvalue weighted by molar-refractivity contribution is 8.01. The molecule has 3 N–H and O–H groups in total. The molecule has 2 rings (SSSR count). The molecule has 0 spiro atoms. The fraction of sp³-hybridized carbons (Fsp3) is 0.455. The Kier molecular flexibility index (Phi) is 3.00. The first kappa shape index (κ1) is 10.9. The minimum absolute atomic E-state index is 0.0669. The molecule has 1 aromatic rings. The van der Waals surface area contributed by atoms with E-state index < -0.39 is 0 Å². The second kappa shape index (κ2) is 4.12. The van der Waals surface area contributed by atoms with Gasteiger partial charge in [-0.05, 0) is 30.5 Å². The van der Waals surface area contributed by atoms with E-state index in [1.807, 2.05) is 6.07 Å². The molecule has 0 bridgehead atoms.